The van der Waals surface area contributed by atoms with Gasteiger partial charge in [0.05, 0.1) is 44.0 Å². The van der Waals surface area contributed by atoms with Crippen molar-refractivity contribution in [3.05, 3.63) is 375 Å². The molecule has 0 unspecified atom stereocenters. The van der Waals surface area contributed by atoms with Crippen LogP contribution in [0.4, 0.5) is 26.3 Å². The van der Waals surface area contributed by atoms with E-state index in [9.17, 15) is 8.78 Å². The average Bonchev–Trinajstić information content (AvgIpc) is 1.58. The topological polar surface area (TPSA) is 147 Å². The van der Waals surface area contributed by atoms with E-state index in [0.29, 0.717) is 44.9 Å². The van der Waals surface area contributed by atoms with Crippen molar-refractivity contribution in [1.29, 1.82) is 0 Å². The van der Waals surface area contributed by atoms with E-state index in [1.807, 2.05) is 61.5 Å². The number of alkyl halides is 4. The number of aromatic nitrogens is 10. The Morgan fingerprint density at radius 3 is 1.23 bits per heavy atom. The van der Waals surface area contributed by atoms with E-state index in [4.69, 9.17) is 28.8 Å². The van der Waals surface area contributed by atoms with Crippen LogP contribution in [0.1, 0.15) is 252 Å². The van der Waals surface area contributed by atoms with E-state index < -0.39 is 56.5 Å². The third kappa shape index (κ3) is 18.1. The third-order valence-electron chi connectivity index (χ3n) is 30.2. The Hall–Kier alpha value is -9.50. The third-order valence-corrected chi connectivity index (χ3v) is 34.8. The fourth-order valence-electron chi connectivity index (χ4n) is 17.9. The smallest absolute Gasteiger partial charge is 0.488 e. The molecule has 9 aromatic heterocycles. The van der Waals surface area contributed by atoms with Gasteiger partial charge in [-0.2, -0.15) is 69.3 Å². The molecule has 27 heteroatoms. The molecule has 4 aliphatic heterocycles. The van der Waals surface area contributed by atoms with Crippen molar-refractivity contribution in [3.63, 3.8) is 0 Å². The average molecular weight is 2710 g/mol. The maximum absolute atomic E-state index is 15.6. The van der Waals surface area contributed by atoms with E-state index in [1.165, 1.54) is 56.3 Å². The molecule has 12 nitrogen and oxygen atoms in total. The fraction of sp³-hybridized carbons (Fsp3) is 0.296. The van der Waals surface area contributed by atoms with E-state index in [2.05, 4.69) is 265 Å². The zero-order valence-electron chi connectivity index (χ0n) is 82.0. The number of para-hydroxylation sites is 1. The van der Waals surface area contributed by atoms with Gasteiger partial charge >= 0.3 is 96.1 Å². The van der Waals surface area contributed by atoms with Crippen molar-refractivity contribution < 1.29 is 119 Å². The summed E-state index contributed by atoms with van der Waals surface area (Å²) in [6.07, 6.45) is 19.3. The van der Waals surface area contributed by atoms with Gasteiger partial charge in [0.2, 0.25) is 0 Å². The van der Waals surface area contributed by atoms with Crippen molar-refractivity contribution in [2.45, 2.75) is 207 Å². The summed E-state index contributed by atoms with van der Waals surface area (Å²) in [5, 5.41) is 14.1. The van der Waals surface area contributed by atoms with Gasteiger partial charge in [0.1, 0.15) is 35.7 Å². The first kappa shape index (κ1) is 107. The molecule has 2 aliphatic carbocycles. The summed E-state index contributed by atoms with van der Waals surface area (Å²) in [7, 11) is 0. The molecule has 0 saturated heterocycles. The second-order valence-electron chi connectivity index (χ2n) is 41.3. The van der Waals surface area contributed by atoms with Crippen LogP contribution >= 0.6 is 56.7 Å². The van der Waals surface area contributed by atoms with E-state index in [0.717, 1.165) is 105 Å². The molecule has 0 saturated carbocycles. The van der Waals surface area contributed by atoms with Crippen LogP contribution in [0.15, 0.2) is 224 Å². The minimum absolute atomic E-state index is 0. The molecule has 6 aliphatic rings. The van der Waals surface area contributed by atoms with Crippen LogP contribution in [0.25, 0.3) is 94.0 Å². The van der Waals surface area contributed by atoms with Crippen LogP contribution in [-0.2, 0) is 139 Å². The summed E-state index contributed by atoms with van der Waals surface area (Å²) in [6, 6.07) is 61.6. The number of oxazole rings is 2. The molecule has 32 bridgehead atoms. The molecule has 22 rings (SSSR count). The predicted molar refractivity (Wildman–Crippen MR) is 541 cm³/mol. The molecule has 16 aromatic rings. The number of allylic oxidation sites excluding steroid dienone is 10. The van der Waals surface area contributed by atoms with Crippen molar-refractivity contribution >= 4 is 79.0 Å². The Morgan fingerprint density at radius 2 is 0.732 bits per heavy atom. The molecule has 13 heterocycles. The van der Waals surface area contributed by atoms with E-state index in [-0.39, 0.29) is 150 Å². The molecule has 0 spiro atoms. The summed E-state index contributed by atoms with van der Waals surface area (Å²) >= 11 is 7.69. The molecule has 0 atom stereocenters. The largest absolute Gasteiger partial charge is 2.00 e. The van der Waals surface area contributed by atoms with E-state index >= 15 is 17.6 Å². The van der Waals surface area contributed by atoms with Gasteiger partial charge in [-0.3, -0.25) is 48.7 Å². The molecule has 0 radical (unpaired) electrons. The number of rotatable bonds is 1. The Balaban J connectivity index is 0.000000142. The zero-order chi connectivity index (χ0) is 98.1. The van der Waals surface area contributed by atoms with Crippen molar-refractivity contribution in [3.8, 4) is 71.7 Å². The molecule has 0 amide bonds. The standard InChI is InChI=1S/C33H32N2S2.C28H18F4N4S.C27H24F2N2O2.C27H26N2S2.4Pt/c1-19-21-13-14-22(15-21)32(5,6)33(7,8)26-16-25(23-11-9-10-12-24(23)26)20(2)30-35-28(18-37-30)31(3,4)27-17-36-29(19)34-27;1-26(2)19-8-6-7-17(11-19)25-35-23(16-37-25)28(31,32)27(29,30)22-15-36(21-9-4-3-5-10-21)24(34-22)18-12-20(26)14-33-13-18;1-25(2)15-7-9-19(28)17(11-15)23-30-21(13-32-23)26(3,4)27(5,6)22-14-33-24(31-22)18-12-16(25)8-10-20(18)29;1-25(2)19-11-7-9-17(13-19)23-28-21(15-30-23)26(3,4)27(5,6)22-16-31-24(29-22)18-10-8-12-20(25)14-18;;;;/h9-14,17-18H,1-8H3;3-10,13-16H,1-2H3;7-10,13-14H,1-6H3;7-12,15-16H,1-6H3;;;;/q4*-2;4*+2. The number of pyridine rings is 1. The van der Waals surface area contributed by atoms with Crippen LogP contribution in [-0.4, -0.2) is 49.4 Å². The number of hydrogen-bond acceptors (Lipinski definition) is 16. The number of imidazole rings is 1. The number of nitrogens with zero attached hydrogens (tertiary/aromatic N) is 10. The van der Waals surface area contributed by atoms with Gasteiger partial charge in [0.15, 0.2) is 0 Å². The number of hydrogen-bond donors (Lipinski definition) is 0. The number of benzene rings is 7. The SMILES string of the molecule is CC1(C)c2[c-]c(c(F)cc2)-c2nc(co2)C(C)(C)C(C)(C)c2coc(n2)-c2[c-]c1ccc2F.CC1(C)c2[c-]c(ccc2)-c2nc(cs2)C(C)(C)C(C)(C)c2csc(n2)-c2[c-]c1ccc2.CC1(C)c2[c-]c(ccc2)-c2nc(cs2)C(F)(F)C(F)(F)c2cn(-c3ccccc3)c(n2)-c2[c-]c1cnc2.CC1=C2[C-]=C(C=C2)C(C)(C)C(C)(C)C2=[C-]C(=C(C)c3nc(cs3)C(C)(C)c3csc1n3)c1ccccc12.[Pt+2].[Pt+2].[Pt+2].[Pt+2]. The summed E-state index contributed by atoms with van der Waals surface area (Å²) in [5.74, 6) is -9.89. The second-order valence-corrected chi connectivity index (χ2v) is 45.6. The molecule has 0 N–H and O–H groups in total. The fourth-order valence-corrected chi connectivity index (χ4v) is 22.7. The maximum atomic E-state index is 15.6. The Kier molecular flexibility index (Phi) is 29.1. The summed E-state index contributed by atoms with van der Waals surface area (Å²) in [5.41, 5.74) is 18.1. The van der Waals surface area contributed by atoms with Crippen LogP contribution in [0, 0.1) is 71.0 Å². The monoisotopic (exact) mass is 2710 g/mol. The van der Waals surface area contributed by atoms with Crippen molar-refractivity contribution in [1.82, 2.24) is 49.4 Å². The Bertz CT molecular complexity index is 7510. The molecule has 734 valence electrons. The summed E-state index contributed by atoms with van der Waals surface area (Å²) < 4.78 is 105. The number of fused-ring (bicyclic) bond motifs is 39. The molecule has 7 aromatic carbocycles. The van der Waals surface area contributed by atoms with Gasteiger partial charge in [-0.05, 0) is 53.1 Å². The van der Waals surface area contributed by atoms with Crippen LogP contribution in [0.2, 0.25) is 0 Å². The quantitative estimate of drug-likeness (QED) is 0.114. The van der Waals surface area contributed by atoms with Crippen molar-refractivity contribution in [2.24, 2.45) is 10.8 Å². The number of halogens is 6. The van der Waals surface area contributed by atoms with Gasteiger partial charge in [-0.15, -0.1) is 240 Å². The van der Waals surface area contributed by atoms with Crippen LogP contribution in [0.3, 0.4) is 0 Å². The first-order valence-electron chi connectivity index (χ1n) is 45.6. The molecule has 142 heavy (non-hydrogen) atoms. The van der Waals surface area contributed by atoms with Gasteiger partial charge in [0, 0.05) is 98.5 Å². The normalized spacial score (nSPS) is 18.0. The summed E-state index contributed by atoms with van der Waals surface area (Å²) in [4.78, 5) is 42.1. The van der Waals surface area contributed by atoms with Crippen LogP contribution < -0.4 is 0 Å². The van der Waals surface area contributed by atoms with Gasteiger partial charge in [-0.25, -0.2) is 0 Å². The van der Waals surface area contributed by atoms with Crippen LogP contribution in [0.5, 0.6) is 0 Å². The predicted octanol–water partition coefficient (Wildman–Crippen LogP) is 30.6. The second kappa shape index (κ2) is 38.7. The first-order valence-corrected chi connectivity index (χ1v) is 50.0. The van der Waals surface area contributed by atoms with Gasteiger partial charge < -0.3 is 18.4 Å². The zero-order valence-corrected chi connectivity index (χ0v) is 95.2. The molecular weight excluding hydrogens is 2610 g/mol. The minimum atomic E-state index is -4.65. The maximum Gasteiger partial charge on any atom is 2.00 e. The van der Waals surface area contributed by atoms with E-state index in [1.54, 1.807) is 119 Å². The number of thiazole rings is 5. The molecular formula is C115H100F6N10O2Pt4S5. The van der Waals surface area contributed by atoms with Gasteiger partial charge in [0.25, 0.3) is 0 Å². The molecule has 0 fully saturated rings. The first-order chi connectivity index (χ1) is 65.0. The summed E-state index contributed by atoms with van der Waals surface area (Å²) in [6.45, 7) is 47.6. The Morgan fingerprint density at radius 1 is 0.331 bits per heavy atom. The Labute approximate surface area is 904 Å². The minimum Gasteiger partial charge on any atom is -0.488 e. The van der Waals surface area contributed by atoms with Crippen molar-refractivity contribution in [2.75, 3.05) is 0 Å². The van der Waals surface area contributed by atoms with Gasteiger partial charge in [-0.1, -0.05) is 209 Å².